The highest BCUT2D eigenvalue weighted by Crippen LogP contribution is 2.38. The average Bonchev–Trinajstić information content (AvgIpc) is 3.09. The molecule has 4 N–H and O–H groups in total. The van der Waals surface area contributed by atoms with Crippen LogP contribution in [0.4, 0.5) is 17.1 Å². The molecule has 0 unspecified atom stereocenters. The summed E-state index contributed by atoms with van der Waals surface area (Å²) in [6, 6.07) is 4.66. The first-order chi connectivity index (χ1) is 10.6. The second-order valence-electron chi connectivity index (χ2n) is 6.06. The van der Waals surface area contributed by atoms with Crippen molar-refractivity contribution < 1.29 is 4.52 Å². The molecule has 0 amide bonds. The van der Waals surface area contributed by atoms with Crippen molar-refractivity contribution >= 4 is 17.1 Å². The van der Waals surface area contributed by atoms with Gasteiger partial charge in [0.25, 0.3) is 0 Å². The molecule has 3 rings (SSSR count). The fourth-order valence-electron chi connectivity index (χ4n) is 3.39. The van der Waals surface area contributed by atoms with E-state index < -0.39 is 0 Å². The average molecular weight is 300 g/mol. The van der Waals surface area contributed by atoms with Crippen molar-refractivity contribution in [1.29, 1.82) is 0 Å². The first kappa shape index (κ1) is 14.8. The number of nitrogens with zero attached hydrogens (tertiary/aromatic N) is 1. The minimum atomic E-state index is 0.534. The number of rotatable bonds is 4. The zero-order chi connectivity index (χ0) is 15.7. The second-order valence-corrected chi connectivity index (χ2v) is 6.06. The molecular formula is C17H24N4O. The minimum absolute atomic E-state index is 0.534. The highest BCUT2D eigenvalue weighted by Gasteiger charge is 2.19. The molecule has 1 saturated carbocycles. The van der Waals surface area contributed by atoms with E-state index in [1.165, 1.54) is 25.7 Å². The first-order valence-electron chi connectivity index (χ1n) is 7.91. The molecular weight excluding hydrogens is 276 g/mol. The van der Waals surface area contributed by atoms with Crippen LogP contribution < -0.4 is 16.4 Å². The van der Waals surface area contributed by atoms with Gasteiger partial charge in [-0.2, -0.15) is 0 Å². The lowest BCUT2D eigenvalue weighted by Gasteiger charge is -2.20. The van der Waals surface area contributed by atoms with Crippen molar-refractivity contribution in [3.63, 3.8) is 0 Å². The zero-order valence-electron chi connectivity index (χ0n) is 13.5. The Kier molecular flexibility index (Phi) is 3.96. The maximum atomic E-state index is 6.26. The largest absolute Gasteiger partial charge is 0.397 e. The lowest BCUT2D eigenvalue weighted by Crippen LogP contribution is -2.16. The lowest BCUT2D eigenvalue weighted by molar-refractivity contribution is 0.393. The summed E-state index contributed by atoms with van der Waals surface area (Å²) in [4.78, 5) is 0. The van der Waals surface area contributed by atoms with Crippen molar-refractivity contribution in [1.82, 2.24) is 5.16 Å². The fourth-order valence-corrected chi connectivity index (χ4v) is 3.39. The molecule has 1 heterocycles. The summed E-state index contributed by atoms with van der Waals surface area (Å²) < 4.78 is 5.29. The van der Waals surface area contributed by atoms with Crippen LogP contribution >= 0.6 is 0 Å². The Morgan fingerprint density at radius 3 is 2.55 bits per heavy atom. The molecule has 1 aliphatic carbocycles. The van der Waals surface area contributed by atoms with Crippen LogP contribution in [0.2, 0.25) is 0 Å². The smallest absolute Gasteiger partial charge is 0.141 e. The van der Waals surface area contributed by atoms with Crippen LogP contribution in [0.1, 0.15) is 37.1 Å². The third-order valence-electron chi connectivity index (χ3n) is 4.46. The number of benzene rings is 1. The van der Waals surface area contributed by atoms with Gasteiger partial charge < -0.3 is 20.9 Å². The Bertz CT molecular complexity index is 652. The summed E-state index contributed by atoms with van der Waals surface area (Å²) in [5.41, 5.74) is 12.0. The van der Waals surface area contributed by atoms with Gasteiger partial charge in [-0.05, 0) is 44.4 Å². The van der Waals surface area contributed by atoms with Gasteiger partial charge in [-0.15, -0.1) is 0 Å². The molecule has 1 fully saturated rings. The van der Waals surface area contributed by atoms with Gasteiger partial charge in [-0.3, -0.25) is 0 Å². The minimum Gasteiger partial charge on any atom is -0.397 e. The van der Waals surface area contributed by atoms with Crippen LogP contribution in [-0.2, 0) is 0 Å². The zero-order valence-corrected chi connectivity index (χ0v) is 13.5. The summed E-state index contributed by atoms with van der Waals surface area (Å²) >= 11 is 0. The molecule has 22 heavy (non-hydrogen) atoms. The molecule has 2 aromatic rings. The van der Waals surface area contributed by atoms with E-state index in [1.54, 1.807) is 0 Å². The molecule has 5 heteroatoms. The summed E-state index contributed by atoms with van der Waals surface area (Å²) in [6.45, 7) is 3.89. The molecule has 1 aliphatic rings. The highest BCUT2D eigenvalue weighted by molar-refractivity contribution is 5.88. The quantitative estimate of drug-likeness (QED) is 0.746. The second kappa shape index (κ2) is 5.91. The third kappa shape index (κ3) is 2.63. The van der Waals surface area contributed by atoms with Gasteiger partial charge >= 0.3 is 0 Å². The normalized spacial score (nSPS) is 15.2. The standard InChI is InChI=1S/C17H24N4O/c1-10-16(11(2)22-21-10)12-8-14(18)17(19-3)15(9-12)20-13-6-4-5-7-13/h8-9,13,19-20H,4-7,18H2,1-3H3. The van der Waals surface area contributed by atoms with E-state index in [-0.39, 0.29) is 0 Å². The summed E-state index contributed by atoms with van der Waals surface area (Å²) in [6.07, 6.45) is 5.04. The van der Waals surface area contributed by atoms with E-state index >= 15 is 0 Å². The van der Waals surface area contributed by atoms with Crippen LogP contribution in [0.15, 0.2) is 16.7 Å². The van der Waals surface area contributed by atoms with Gasteiger partial charge in [0.1, 0.15) is 5.76 Å². The molecule has 0 saturated heterocycles. The molecule has 0 spiro atoms. The predicted octanol–water partition coefficient (Wildman–Crippen LogP) is 3.94. The molecule has 0 aliphatic heterocycles. The molecule has 0 radical (unpaired) electrons. The van der Waals surface area contributed by atoms with E-state index in [9.17, 15) is 0 Å². The predicted molar refractivity (Wildman–Crippen MR) is 91.3 cm³/mol. The monoisotopic (exact) mass is 300 g/mol. The molecule has 1 aromatic carbocycles. The van der Waals surface area contributed by atoms with Crippen molar-refractivity contribution in [2.45, 2.75) is 45.6 Å². The van der Waals surface area contributed by atoms with E-state index in [4.69, 9.17) is 10.3 Å². The number of aromatic nitrogens is 1. The topological polar surface area (TPSA) is 76.1 Å². The Morgan fingerprint density at radius 2 is 1.95 bits per heavy atom. The number of anilines is 3. The van der Waals surface area contributed by atoms with E-state index in [0.717, 1.165) is 39.6 Å². The summed E-state index contributed by atoms with van der Waals surface area (Å²) in [5, 5.41) is 10.9. The molecule has 0 bridgehead atoms. The van der Waals surface area contributed by atoms with Crippen molar-refractivity contribution in [3.8, 4) is 11.1 Å². The van der Waals surface area contributed by atoms with Crippen molar-refractivity contribution in [2.75, 3.05) is 23.4 Å². The Morgan fingerprint density at radius 1 is 1.23 bits per heavy atom. The lowest BCUT2D eigenvalue weighted by atomic mass is 10.0. The SMILES string of the molecule is CNc1c(N)cc(-c2c(C)noc2C)cc1NC1CCCC1. The first-order valence-corrected chi connectivity index (χ1v) is 7.91. The number of nitrogens with one attached hydrogen (secondary N) is 2. The van der Waals surface area contributed by atoms with E-state index in [1.807, 2.05) is 27.0 Å². The Balaban J connectivity index is 2.03. The van der Waals surface area contributed by atoms with Gasteiger partial charge in [0, 0.05) is 18.7 Å². The van der Waals surface area contributed by atoms with Gasteiger partial charge in [0.2, 0.25) is 0 Å². The summed E-state index contributed by atoms with van der Waals surface area (Å²) in [5.74, 6) is 0.820. The number of hydrogen-bond donors (Lipinski definition) is 3. The molecule has 0 atom stereocenters. The molecule has 5 nitrogen and oxygen atoms in total. The molecule has 118 valence electrons. The number of hydrogen-bond acceptors (Lipinski definition) is 5. The van der Waals surface area contributed by atoms with Crippen molar-refractivity contribution in [3.05, 3.63) is 23.6 Å². The molecule has 1 aromatic heterocycles. The van der Waals surface area contributed by atoms with Gasteiger partial charge in [0.05, 0.1) is 22.8 Å². The van der Waals surface area contributed by atoms with Gasteiger partial charge in [-0.25, -0.2) is 0 Å². The van der Waals surface area contributed by atoms with Crippen LogP contribution in [-0.4, -0.2) is 18.2 Å². The Labute approximate surface area is 131 Å². The van der Waals surface area contributed by atoms with Gasteiger partial charge in [-0.1, -0.05) is 18.0 Å². The Hall–Kier alpha value is -2.17. The number of aryl methyl sites for hydroxylation is 2. The van der Waals surface area contributed by atoms with Crippen LogP contribution in [0, 0.1) is 13.8 Å². The maximum absolute atomic E-state index is 6.26. The third-order valence-corrected chi connectivity index (χ3v) is 4.46. The van der Waals surface area contributed by atoms with Gasteiger partial charge in [0.15, 0.2) is 0 Å². The van der Waals surface area contributed by atoms with E-state index in [2.05, 4.69) is 21.9 Å². The fraction of sp³-hybridized carbons (Fsp3) is 0.471. The highest BCUT2D eigenvalue weighted by atomic mass is 16.5. The van der Waals surface area contributed by atoms with Crippen molar-refractivity contribution in [2.24, 2.45) is 0 Å². The van der Waals surface area contributed by atoms with Crippen LogP contribution in [0.5, 0.6) is 0 Å². The maximum Gasteiger partial charge on any atom is 0.141 e. The number of nitrogens with two attached hydrogens (primary N) is 1. The van der Waals surface area contributed by atoms with E-state index in [0.29, 0.717) is 6.04 Å². The number of nitrogen functional groups attached to an aromatic ring is 1. The van der Waals surface area contributed by atoms with Crippen LogP contribution in [0.25, 0.3) is 11.1 Å². The summed E-state index contributed by atoms with van der Waals surface area (Å²) in [7, 11) is 1.90. The van der Waals surface area contributed by atoms with Crippen LogP contribution in [0.3, 0.4) is 0 Å².